The van der Waals surface area contributed by atoms with Crippen molar-refractivity contribution in [3.63, 3.8) is 0 Å². The first-order chi connectivity index (χ1) is 13.2. The van der Waals surface area contributed by atoms with Crippen LogP contribution in [0.2, 0.25) is 0 Å². The highest BCUT2D eigenvalue weighted by atomic mass is 16.2. The fraction of sp³-hybridized carbons (Fsp3) is 0.364. The molecule has 2 aromatic carbocycles. The van der Waals surface area contributed by atoms with Crippen LogP contribution in [0.5, 0.6) is 0 Å². The minimum absolute atomic E-state index is 0.0865. The van der Waals surface area contributed by atoms with Crippen molar-refractivity contribution >= 4 is 11.8 Å². The van der Waals surface area contributed by atoms with E-state index in [1.165, 1.54) is 16.7 Å². The predicted molar refractivity (Wildman–Crippen MR) is 104 cm³/mol. The van der Waals surface area contributed by atoms with Crippen LogP contribution in [0.3, 0.4) is 0 Å². The molecular weight excluding hydrogens is 338 g/mol. The molecule has 2 aromatic rings. The normalized spacial score (nSPS) is 19.9. The van der Waals surface area contributed by atoms with Crippen molar-refractivity contribution in [1.82, 2.24) is 15.5 Å². The average Bonchev–Trinajstić information content (AvgIpc) is 2.70. The molecule has 2 N–H and O–H groups in total. The average molecular weight is 363 g/mol. The molecule has 140 valence electrons. The minimum atomic E-state index is -0.417. The number of hydrogen-bond acceptors (Lipinski definition) is 3. The van der Waals surface area contributed by atoms with Crippen molar-refractivity contribution in [2.24, 2.45) is 0 Å². The molecule has 0 aliphatic carbocycles. The second-order valence-corrected chi connectivity index (χ2v) is 7.39. The van der Waals surface area contributed by atoms with Gasteiger partial charge in [0, 0.05) is 31.7 Å². The Morgan fingerprint density at radius 1 is 1.11 bits per heavy atom. The van der Waals surface area contributed by atoms with Crippen molar-refractivity contribution in [2.45, 2.75) is 38.4 Å². The smallest absolute Gasteiger partial charge is 0.251 e. The van der Waals surface area contributed by atoms with Gasteiger partial charge in [-0.05, 0) is 48.1 Å². The summed E-state index contributed by atoms with van der Waals surface area (Å²) < 4.78 is 0. The summed E-state index contributed by atoms with van der Waals surface area (Å²) in [5.74, 6) is -0.271. The van der Waals surface area contributed by atoms with Gasteiger partial charge in [-0.3, -0.25) is 14.5 Å². The molecule has 0 spiro atoms. The maximum atomic E-state index is 12.4. The zero-order valence-electron chi connectivity index (χ0n) is 15.4. The maximum absolute atomic E-state index is 12.4. The molecule has 5 heteroatoms. The number of fused-ring (bicyclic) bond motifs is 1. The lowest BCUT2D eigenvalue weighted by atomic mass is 9.99. The quantitative estimate of drug-likeness (QED) is 0.876. The van der Waals surface area contributed by atoms with Gasteiger partial charge in [-0.25, -0.2) is 0 Å². The molecule has 1 fully saturated rings. The lowest BCUT2D eigenvalue weighted by Crippen LogP contribution is -2.50. The molecule has 27 heavy (non-hydrogen) atoms. The number of piperidine rings is 1. The summed E-state index contributed by atoms with van der Waals surface area (Å²) in [5, 5.41) is 5.63. The Bertz CT molecular complexity index is 832. The Morgan fingerprint density at radius 3 is 2.67 bits per heavy atom. The number of benzene rings is 2. The maximum Gasteiger partial charge on any atom is 0.251 e. The van der Waals surface area contributed by atoms with Crippen LogP contribution in [-0.2, 0) is 24.3 Å². The van der Waals surface area contributed by atoms with Crippen LogP contribution in [-0.4, -0.2) is 35.8 Å². The third-order valence-corrected chi connectivity index (χ3v) is 5.42. The highest BCUT2D eigenvalue weighted by molar-refractivity contribution is 5.97. The van der Waals surface area contributed by atoms with Gasteiger partial charge in [0.15, 0.2) is 0 Å². The first kappa shape index (κ1) is 17.7. The molecule has 2 aliphatic heterocycles. The van der Waals surface area contributed by atoms with E-state index >= 15 is 0 Å². The Kier molecular flexibility index (Phi) is 5.21. The van der Waals surface area contributed by atoms with Gasteiger partial charge >= 0.3 is 0 Å². The van der Waals surface area contributed by atoms with Gasteiger partial charge < -0.3 is 10.6 Å². The van der Waals surface area contributed by atoms with E-state index in [-0.39, 0.29) is 11.8 Å². The molecule has 0 unspecified atom stereocenters. The van der Waals surface area contributed by atoms with Crippen LogP contribution in [0, 0.1) is 0 Å². The van der Waals surface area contributed by atoms with E-state index in [1.54, 1.807) is 0 Å². The molecular formula is C22H25N3O2. The molecule has 0 bridgehead atoms. The lowest BCUT2D eigenvalue weighted by molar-refractivity contribution is -0.124. The molecule has 2 amide bonds. The minimum Gasteiger partial charge on any atom is -0.354 e. The number of carbonyl (C=O) groups excluding carboxylic acids is 2. The topological polar surface area (TPSA) is 61.4 Å². The summed E-state index contributed by atoms with van der Waals surface area (Å²) in [6.45, 7) is 3.59. The van der Waals surface area contributed by atoms with Crippen molar-refractivity contribution in [2.75, 3.05) is 13.1 Å². The van der Waals surface area contributed by atoms with Gasteiger partial charge in [0.1, 0.15) is 6.04 Å². The summed E-state index contributed by atoms with van der Waals surface area (Å²) in [5.41, 5.74) is 4.65. The third kappa shape index (κ3) is 4.19. The summed E-state index contributed by atoms with van der Waals surface area (Å²) >= 11 is 0. The monoisotopic (exact) mass is 363 g/mol. The van der Waals surface area contributed by atoms with Gasteiger partial charge in [-0.2, -0.15) is 0 Å². The van der Waals surface area contributed by atoms with E-state index in [1.807, 2.05) is 24.3 Å². The summed E-state index contributed by atoms with van der Waals surface area (Å²) in [6, 6.07) is 15.9. The van der Waals surface area contributed by atoms with Crippen molar-refractivity contribution < 1.29 is 9.59 Å². The second-order valence-electron chi connectivity index (χ2n) is 7.39. The highest BCUT2D eigenvalue weighted by Crippen LogP contribution is 2.20. The van der Waals surface area contributed by atoms with E-state index in [0.717, 1.165) is 32.5 Å². The molecule has 0 aromatic heterocycles. The summed E-state index contributed by atoms with van der Waals surface area (Å²) in [7, 11) is 0. The Balaban J connectivity index is 1.35. The predicted octanol–water partition coefficient (Wildman–Crippen LogP) is 2.25. The highest BCUT2D eigenvalue weighted by Gasteiger charge is 2.24. The summed E-state index contributed by atoms with van der Waals surface area (Å²) in [6.07, 6.45) is 2.68. The van der Waals surface area contributed by atoms with Gasteiger partial charge in [0.2, 0.25) is 5.91 Å². The van der Waals surface area contributed by atoms with Crippen LogP contribution in [0.1, 0.15) is 39.9 Å². The Labute approximate surface area is 159 Å². The molecule has 1 saturated heterocycles. The fourth-order valence-corrected chi connectivity index (χ4v) is 3.86. The molecule has 2 heterocycles. The van der Waals surface area contributed by atoms with Crippen LogP contribution < -0.4 is 10.6 Å². The lowest BCUT2D eigenvalue weighted by Gasteiger charge is -2.28. The van der Waals surface area contributed by atoms with Crippen molar-refractivity contribution in [3.8, 4) is 0 Å². The van der Waals surface area contributed by atoms with E-state index in [4.69, 9.17) is 0 Å². The second kappa shape index (κ2) is 7.92. The number of nitrogens with one attached hydrogen (secondary N) is 2. The standard InChI is InChI=1S/C22H25N3O2/c26-21(24-20-6-3-12-23-22(20)27)18-9-7-16(8-10-18)14-25-13-11-17-4-1-2-5-19(17)15-25/h1-2,4-5,7-10,20H,3,6,11-15H2,(H,23,27)(H,24,26)/t20-/m1/s1. The number of rotatable bonds is 4. The number of nitrogens with zero attached hydrogens (tertiary/aromatic N) is 1. The Morgan fingerprint density at radius 2 is 1.89 bits per heavy atom. The molecule has 4 rings (SSSR count). The van der Waals surface area contributed by atoms with Gasteiger partial charge in [-0.15, -0.1) is 0 Å². The molecule has 1 atom stereocenters. The first-order valence-electron chi connectivity index (χ1n) is 9.66. The fourth-order valence-electron chi connectivity index (χ4n) is 3.86. The van der Waals surface area contributed by atoms with Crippen molar-refractivity contribution in [1.29, 1.82) is 0 Å². The van der Waals surface area contributed by atoms with E-state index < -0.39 is 6.04 Å². The largest absolute Gasteiger partial charge is 0.354 e. The van der Waals surface area contributed by atoms with Crippen LogP contribution in [0.25, 0.3) is 0 Å². The van der Waals surface area contributed by atoms with E-state index in [0.29, 0.717) is 18.5 Å². The van der Waals surface area contributed by atoms with E-state index in [9.17, 15) is 9.59 Å². The molecule has 0 radical (unpaired) electrons. The molecule has 5 nitrogen and oxygen atoms in total. The van der Waals surface area contributed by atoms with Crippen LogP contribution >= 0.6 is 0 Å². The van der Waals surface area contributed by atoms with Crippen molar-refractivity contribution in [3.05, 3.63) is 70.8 Å². The number of hydrogen-bond donors (Lipinski definition) is 2. The zero-order chi connectivity index (χ0) is 18.6. The van der Waals surface area contributed by atoms with Gasteiger partial charge in [-0.1, -0.05) is 36.4 Å². The van der Waals surface area contributed by atoms with Crippen LogP contribution in [0.4, 0.5) is 0 Å². The Hall–Kier alpha value is -2.66. The van der Waals surface area contributed by atoms with Crippen LogP contribution in [0.15, 0.2) is 48.5 Å². The van der Waals surface area contributed by atoms with Gasteiger partial charge in [0.05, 0.1) is 0 Å². The first-order valence-corrected chi connectivity index (χ1v) is 9.66. The molecule has 0 saturated carbocycles. The number of carbonyl (C=O) groups is 2. The van der Waals surface area contributed by atoms with E-state index in [2.05, 4.69) is 39.8 Å². The zero-order valence-corrected chi connectivity index (χ0v) is 15.4. The van der Waals surface area contributed by atoms with Gasteiger partial charge in [0.25, 0.3) is 5.91 Å². The SMILES string of the molecule is O=C(N[C@@H]1CCCNC1=O)c1ccc(CN2CCc3ccccc3C2)cc1. The number of amides is 2. The third-order valence-electron chi connectivity index (χ3n) is 5.42. The summed E-state index contributed by atoms with van der Waals surface area (Å²) in [4.78, 5) is 26.6. The molecule has 2 aliphatic rings.